The second-order valence-corrected chi connectivity index (χ2v) is 6.95. The third-order valence-electron chi connectivity index (χ3n) is 4.81. The number of rotatable bonds is 11. The van der Waals surface area contributed by atoms with E-state index >= 15 is 0 Å². The molecule has 0 saturated heterocycles. The first kappa shape index (κ1) is 16.9. The highest BCUT2D eigenvalue weighted by atomic mass is 16.4. The minimum Gasteiger partial charge on any atom is -0.481 e. The highest BCUT2D eigenvalue weighted by Crippen LogP contribution is 2.39. The monoisotopic (exact) mass is 329 g/mol. The number of unbranched alkanes of at least 4 members (excludes halogenated alkanes) is 6. The topological polar surface area (TPSA) is 78.9 Å². The number of hydrogen-bond donors (Lipinski definition) is 2. The number of aromatic nitrogens is 3. The summed E-state index contributed by atoms with van der Waals surface area (Å²) in [4.78, 5) is 23.0. The first-order valence-corrected chi connectivity index (χ1v) is 9.29. The molecule has 2 aromatic heterocycles. The summed E-state index contributed by atoms with van der Waals surface area (Å²) in [5.41, 5.74) is 4.42. The van der Waals surface area contributed by atoms with Gasteiger partial charge in [-0.15, -0.1) is 0 Å². The number of fused-ring (bicyclic) bond motifs is 1. The van der Waals surface area contributed by atoms with Gasteiger partial charge in [-0.25, -0.2) is 9.97 Å². The zero-order chi connectivity index (χ0) is 16.8. The van der Waals surface area contributed by atoms with Crippen molar-refractivity contribution in [1.82, 2.24) is 15.0 Å². The van der Waals surface area contributed by atoms with E-state index < -0.39 is 5.97 Å². The molecule has 0 aromatic carbocycles. The molecule has 0 aliphatic heterocycles. The summed E-state index contributed by atoms with van der Waals surface area (Å²) < 4.78 is 0. The van der Waals surface area contributed by atoms with Gasteiger partial charge in [0.15, 0.2) is 5.65 Å². The molecule has 1 aliphatic carbocycles. The number of carbonyl (C=O) groups is 1. The highest BCUT2D eigenvalue weighted by Gasteiger charge is 2.25. The maximum absolute atomic E-state index is 10.4. The summed E-state index contributed by atoms with van der Waals surface area (Å²) in [6.07, 6.45) is 15.7. The predicted octanol–water partition coefficient (Wildman–Crippen LogP) is 4.58. The van der Waals surface area contributed by atoms with Crippen LogP contribution in [-0.4, -0.2) is 26.0 Å². The lowest BCUT2D eigenvalue weighted by atomic mass is 10.1. The first-order valence-electron chi connectivity index (χ1n) is 9.29. The van der Waals surface area contributed by atoms with Crippen molar-refractivity contribution >= 4 is 17.1 Å². The molecular formula is C19H27N3O2. The molecule has 3 rings (SSSR count). The van der Waals surface area contributed by atoms with E-state index in [1.165, 1.54) is 44.1 Å². The number of nitrogens with one attached hydrogen (secondary N) is 1. The number of carboxylic acids is 1. The van der Waals surface area contributed by atoms with E-state index in [1.54, 1.807) is 0 Å². The minimum absolute atomic E-state index is 0.310. The molecule has 0 bridgehead atoms. The van der Waals surface area contributed by atoms with Gasteiger partial charge in [0.2, 0.25) is 0 Å². The van der Waals surface area contributed by atoms with Gasteiger partial charge in [-0.1, -0.05) is 32.1 Å². The van der Waals surface area contributed by atoms with Crippen LogP contribution in [-0.2, 0) is 11.2 Å². The van der Waals surface area contributed by atoms with Gasteiger partial charge in [0, 0.05) is 18.5 Å². The fourth-order valence-electron chi connectivity index (χ4n) is 3.20. The molecule has 1 aliphatic rings. The van der Waals surface area contributed by atoms with Gasteiger partial charge >= 0.3 is 5.97 Å². The number of H-pyrrole nitrogens is 1. The van der Waals surface area contributed by atoms with Crippen molar-refractivity contribution in [1.29, 1.82) is 0 Å². The molecule has 1 fully saturated rings. The van der Waals surface area contributed by atoms with Crippen molar-refractivity contribution in [2.75, 3.05) is 0 Å². The summed E-state index contributed by atoms with van der Waals surface area (Å²) in [5.74, 6) is -0.0348. The minimum atomic E-state index is -0.679. The van der Waals surface area contributed by atoms with Gasteiger partial charge in [0.05, 0.1) is 11.9 Å². The Hall–Kier alpha value is -1.91. The Kier molecular flexibility index (Phi) is 5.83. The number of aryl methyl sites for hydroxylation is 1. The Morgan fingerprint density at radius 3 is 2.54 bits per heavy atom. The number of hydrogen-bond acceptors (Lipinski definition) is 3. The summed E-state index contributed by atoms with van der Waals surface area (Å²) in [7, 11) is 0. The molecule has 0 radical (unpaired) electrons. The average Bonchev–Trinajstić information content (AvgIpc) is 3.34. The smallest absolute Gasteiger partial charge is 0.303 e. The van der Waals surface area contributed by atoms with E-state index in [2.05, 4.69) is 16.2 Å². The zero-order valence-electron chi connectivity index (χ0n) is 14.3. The van der Waals surface area contributed by atoms with E-state index in [9.17, 15) is 4.79 Å². The normalized spacial score (nSPS) is 14.3. The van der Waals surface area contributed by atoms with Gasteiger partial charge in [-0.2, -0.15) is 0 Å². The van der Waals surface area contributed by atoms with Crippen LogP contribution in [0.2, 0.25) is 0 Å². The zero-order valence-corrected chi connectivity index (χ0v) is 14.3. The van der Waals surface area contributed by atoms with Gasteiger partial charge in [-0.3, -0.25) is 4.79 Å². The molecule has 0 atom stereocenters. The fourth-order valence-corrected chi connectivity index (χ4v) is 3.20. The van der Waals surface area contributed by atoms with Crippen molar-refractivity contribution in [2.24, 2.45) is 0 Å². The third kappa shape index (κ3) is 4.79. The van der Waals surface area contributed by atoms with Crippen LogP contribution in [0.25, 0.3) is 11.2 Å². The quantitative estimate of drug-likeness (QED) is 0.591. The van der Waals surface area contributed by atoms with Crippen molar-refractivity contribution < 1.29 is 9.90 Å². The number of nitrogens with zero attached hydrogens (tertiary/aromatic N) is 2. The molecule has 5 heteroatoms. The molecule has 2 N–H and O–H groups in total. The Morgan fingerprint density at radius 1 is 1.12 bits per heavy atom. The van der Waals surface area contributed by atoms with Gasteiger partial charge in [0.1, 0.15) is 5.52 Å². The van der Waals surface area contributed by atoms with Crippen LogP contribution >= 0.6 is 0 Å². The van der Waals surface area contributed by atoms with Crippen molar-refractivity contribution in [2.45, 2.75) is 76.5 Å². The van der Waals surface area contributed by atoms with Crippen LogP contribution in [0.4, 0.5) is 0 Å². The number of aliphatic carboxylic acids is 1. The highest BCUT2D eigenvalue weighted by molar-refractivity contribution is 5.75. The fraction of sp³-hybridized carbons (Fsp3) is 0.632. The molecule has 24 heavy (non-hydrogen) atoms. The van der Waals surface area contributed by atoms with E-state index in [0.717, 1.165) is 42.5 Å². The largest absolute Gasteiger partial charge is 0.481 e. The Balaban J connectivity index is 1.35. The second-order valence-electron chi connectivity index (χ2n) is 6.95. The Morgan fingerprint density at radius 2 is 1.83 bits per heavy atom. The summed E-state index contributed by atoms with van der Waals surface area (Å²) in [6, 6.07) is 0. The predicted molar refractivity (Wildman–Crippen MR) is 94.1 cm³/mol. The molecule has 1 saturated carbocycles. The van der Waals surface area contributed by atoms with Crippen LogP contribution in [0.1, 0.15) is 81.4 Å². The van der Waals surface area contributed by atoms with Gasteiger partial charge in [-0.05, 0) is 37.7 Å². The Labute approximate surface area is 142 Å². The van der Waals surface area contributed by atoms with Crippen molar-refractivity contribution in [3.63, 3.8) is 0 Å². The first-order chi connectivity index (χ1) is 11.7. The van der Waals surface area contributed by atoms with Crippen LogP contribution in [0.3, 0.4) is 0 Å². The van der Waals surface area contributed by atoms with Gasteiger partial charge < -0.3 is 10.1 Å². The van der Waals surface area contributed by atoms with Crippen LogP contribution < -0.4 is 0 Å². The van der Waals surface area contributed by atoms with Crippen LogP contribution in [0, 0.1) is 0 Å². The van der Waals surface area contributed by atoms with E-state index in [0.29, 0.717) is 12.3 Å². The second kappa shape index (κ2) is 8.27. The molecule has 0 unspecified atom stereocenters. The summed E-state index contributed by atoms with van der Waals surface area (Å²) in [6.45, 7) is 0. The molecule has 0 spiro atoms. The standard InChI is InChI=1S/C19H27N3O2/c23-17(24)9-7-5-3-1-2-4-6-8-15-12-20-19-18(15)22-16(13-21-19)14-10-11-14/h12-14H,1-11H2,(H,20,21)(H,23,24). The SMILES string of the molecule is O=C(O)CCCCCCCCCc1c[nH]c2ncc(C3CC3)nc12. The molecule has 5 nitrogen and oxygen atoms in total. The lowest BCUT2D eigenvalue weighted by molar-refractivity contribution is -0.137. The summed E-state index contributed by atoms with van der Waals surface area (Å²) in [5, 5.41) is 8.59. The molecule has 2 aromatic rings. The van der Waals surface area contributed by atoms with E-state index in [-0.39, 0.29) is 0 Å². The van der Waals surface area contributed by atoms with Crippen LogP contribution in [0.15, 0.2) is 12.4 Å². The van der Waals surface area contributed by atoms with Crippen molar-refractivity contribution in [3.05, 3.63) is 23.7 Å². The molecule has 0 amide bonds. The summed E-state index contributed by atoms with van der Waals surface area (Å²) >= 11 is 0. The lowest BCUT2D eigenvalue weighted by Gasteiger charge is -2.02. The average molecular weight is 329 g/mol. The maximum atomic E-state index is 10.4. The van der Waals surface area contributed by atoms with Crippen LogP contribution in [0.5, 0.6) is 0 Å². The van der Waals surface area contributed by atoms with Crippen molar-refractivity contribution in [3.8, 4) is 0 Å². The number of aromatic amines is 1. The molecule has 130 valence electrons. The maximum Gasteiger partial charge on any atom is 0.303 e. The number of carboxylic acid groups (broad SMARTS) is 1. The van der Waals surface area contributed by atoms with Gasteiger partial charge in [0.25, 0.3) is 0 Å². The molecule has 2 heterocycles. The molecular weight excluding hydrogens is 302 g/mol. The third-order valence-corrected chi connectivity index (χ3v) is 4.81. The van der Waals surface area contributed by atoms with E-state index in [1.807, 2.05) is 6.20 Å². The van der Waals surface area contributed by atoms with E-state index in [4.69, 9.17) is 10.1 Å². The lowest BCUT2D eigenvalue weighted by Crippen LogP contribution is -1.93. The Bertz CT molecular complexity index is 676.